The van der Waals surface area contributed by atoms with Crippen LogP contribution in [-0.4, -0.2) is 4.57 Å². The topological polar surface area (TPSA) is 48.0 Å². The Hall–Kier alpha value is -1.87. The van der Waals surface area contributed by atoms with E-state index in [1.54, 1.807) is 4.57 Å². The Morgan fingerprint density at radius 1 is 1.04 bits per heavy atom. The SMILES string of the molecule is CC(C)c1ccc(C(N)c2ccc3c(c2)CCCC3)c(=O)n1C. The van der Waals surface area contributed by atoms with Crippen molar-refractivity contribution in [2.45, 2.75) is 51.5 Å². The van der Waals surface area contributed by atoms with E-state index in [0.29, 0.717) is 11.5 Å². The van der Waals surface area contributed by atoms with E-state index in [-0.39, 0.29) is 11.6 Å². The number of aromatic nitrogens is 1. The minimum atomic E-state index is -0.359. The molecule has 1 aromatic heterocycles. The summed E-state index contributed by atoms with van der Waals surface area (Å²) in [5.74, 6) is 0.321. The molecule has 0 saturated heterocycles. The number of rotatable bonds is 3. The van der Waals surface area contributed by atoms with Crippen LogP contribution in [0.1, 0.15) is 66.6 Å². The molecule has 3 heteroatoms. The van der Waals surface area contributed by atoms with Gasteiger partial charge in [0.25, 0.3) is 5.56 Å². The molecule has 1 aliphatic rings. The Morgan fingerprint density at radius 2 is 1.74 bits per heavy atom. The minimum Gasteiger partial charge on any atom is -0.320 e. The van der Waals surface area contributed by atoms with Crippen molar-refractivity contribution >= 4 is 0 Å². The summed E-state index contributed by atoms with van der Waals surface area (Å²) in [6.07, 6.45) is 4.81. The zero-order valence-corrected chi connectivity index (χ0v) is 14.3. The first-order valence-electron chi connectivity index (χ1n) is 8.56. The molecule has 3 rings (SSSR count). The lowest BCUT2D eigenvalue weighted by atomic mass is 9.88. The van der Waals surface area contributed by atoms with Crippen LogP contribution in [-0.2, 0) is 19.9 Å². The van der Waals surface area contributed by atoms with Gasteiger partial charge in [0, 0.05) is 18.3 Å². The maximum Gasteiger partial charge on any atom is 0.255 e. The zero-order chi connectivity index (χ0) is 16.6. The van der Waals surface area contributed by atoms with Crippen LogP contribution in [0.5, 0.6) is 0 Å². The molecule has 0 amide bonds. The van der Waals surface area contributed by atoms with Crippen LogP contribution in [0, 0.1) is 0 Å². The summed E-state index contributed by atoms with van der Waals surface area (Å²) in [6.45, 7) is 4.19. The van der Waals surface area contributed by atoms with Gasteiger partial charge in [-0.2, -0.15) is 0 Å². The van der Waals surface area contributed by atoms with E-state index < -0.39 is 0 Å². The van der Waals surface area contributed by atoms with Crippen LogP contribution < -0.4 is 11.3 Å². The number of aryl methyl sites for hydroxylation is 2. The molecule has 122 valence electrons. The van der Waals surface area contributed by atoms with Crippen molar-refractivity contribution in [1.82, 2.24) is 4.57 Å². The Labute approximate surface area is 138 Å². The van der Waals surface area contributed by atoms with Gasteiger partial charge in [0.05, 0.1) is 6.04 Å². The Morgan fingerprint density at radius 3 is 2.43 bits per heavy atom. The van der Waals surface area contributed by atoms with Crippen molar-refractivity contribution in [3.8, 4) is 0 Å². The van der Waals surface area contributed by atoms with Gasteiger partial charge in [-0.05, 0) is 60.4 Å². The fraction of sp³-hybridized carbons (Fsp3) is 0.450. The highest BCUT2D eigenvalue weighted by Gasteiger charge is 2.18. The molecule has 1 unspecified atom stereocenters. The molecule has 2 aromatic rings. The molecular weight excluding hydrogens is 284 g/mol. The fourth-order valence-corrected chi connectivity index (χ4v) is 3.61. The smallest absolute Gasteiger partial charge is 0.255 e. The molecule has 0 spiro atoms. The van der Waals surface area contributed by atoms with Crippen LogP contribution in [0.2, 0.25) is 0 Å². The van der Waals surface area contributed by atoms with Crippen molar-refractivity contribution in [1.29, 1.82) is 0 Å². The first-order chi connectivity index (χ1) is 11.0. The number of benzene rings is 1. The van der Waals surface area contributed by atoms with E-state index in [4.69, 9.17) is 5.73 Å². The first-order valence-corrected chi connectivity index (χ1v) is 8.56. The first kappa shape index (κ1) is 16.0. The van der Waals surface area contributed by atoms with Crippen LogP contribution in [0.25, 0.3) is 0 Å². The Balaban J connectivity index is 1.99. The number of hydrogen-bond donors (Lipinski definition) is 1. The molecule has 0 saturated carbocycles. The molecule has 0 aliphatic heterocycles. The summed E-state index contributed by atoms with van der Waals surface area (Å²) >= 11 is 0. The van der Waals surface area contributed by atoms with Crippen LogP contribution >= 0.6 is 0 Å². The molecule has 2 N–H and O–H groups in total. The van der Waals surface area contributed by atoms with Gasteiger partial charge in [-0.1, -0.05) is 32.0 Å². The third-order valence-electron chi connectivity index (χ3n) is 5.03. The summed E-state index contributed by atoms with van der Waals surface area (Å²) in [4.78, 5) is 12.7. The van der Waals surface area contributed by atoms with Gasteiger partial charge in [0.1, 0.15) is 0 Å². The fourth-order valence-electron chi connectivity index (χ4n) is 3.61. The lowest BCUT2D eigenvalue weighted by Gasteiger charge is -2.20. The van der Waals surface area contributed by atoms with Crippen molar-refractivity contribution in [3.63, 3.8) is 0 Å². The maximum atomic E-state index is 12.7. The van der Waals surface area contributed by atoms with E-state index in [1.165, 1.54) is 24.0 Å². The highest BCUT2D eigenvalue weighted by Crippen LogP contribution is 2.26. The second-order valence-corrected chi connectivity index (χ2v) is 6.95. The number of hydrogen-bond acceptors (Lipinski definition) is 2. The van der Waals surface area contributed by atoms with Crippen molar-refractivity contribution in [2.75, 3.05) is 0 Å². The van der Waals surface area contributed by atoms with Crippen molar-refractivity contribution < 1.29 is 0 Å². The molecule has 1 atom stereocenters. The summed E-state index contributed by atoms with van der Waals surface area (Å²) < 4.78 is 1.73. The second-order valence-electron chi connectivity index (χ2n) is 6.95. The summed E-state index contributed by atoms with van der Waals surface area (Å²) in [6, 6.07) is 10.1. The highest BCUT2D eigenvalue weighted by atomic mass is 16.1. The Bertz CT molecular complexity index is 774. The lowest BCUT2D eigenvalue weighted by molar-refractivity contribution is 0.677. The number of nitrogens with two attached hydrogens (primary N) is 1. The van der Waals surface area contributed by atoms with Gasteiger partial charge in [-0.15, -0.1) is 0 Å². The predicted octanol–water partition coefficient (Wildman–Crippen LogP) is 3.44. The number of pyridine rings is 1. The molecule has 0 bridgehead atoms. The van der Waals surface area contributed by atoms with Gasteiger partial charge in [0.2, 0.25) is 0 Å². The Kier molecular flexibility index (Phi) is 4.40. The summed E-state index contributed by atoms with van der Waals surface area (Å²) in [5.41, 5.74) is 12.0. The van der Waals surface area contributed by atoms with Gasteiger partial charge in [-0.25, -0.2) is 0 Å². The predicted molar refractivity (Wildman–Crippen MR) is 94.9 cm³/mol. The van der Waals surface area contributed by atoms with Crippen molar-refractivity contribution in [2.24, 2.45) is 12.8 Å². The van der Waals surface area contributed by atoms with Crippen LogP contribution in [0.15, 0.2) is 35.1 Å². The molecule has 1 aromatic carbocycles. The van der Waals surface area contributed by atoms with Crippen LogP contribution in [0.4, 0.5) is 0 Å². The van der Waals surface area contributed by atoms with E-state index >= 15 is 0 Å². The molecule has 0 radical (unpaired) electrons. The molecule has 1 heterocycles. The molecule has 3 nitrogen and oxygen atoms in total. The maximum absolute atomic E-state index is 12.7. The highest BCUT2D eigenvalue weighted by molar-refractivity contribution is 5.39. The molecule has 23 heavy (non-hydrogen) atoms. The summed E-state index contributed by atoms with van der Waals surface area (Å²) in [7, 11) is 1.83. The van der Waals surface area contributed by atoms with E-state index in [0.717, 1.165) is 24.1 Å². The van der Waals surface area contributed by atoms with E-state index in [2.05, 4.69) is 32.0 Å². The van der Waals surface area contributed by atoms with E-state index in [1.807, 2.05) is 19.2 Å². The quantitative estimate of drug-likeness (QED) is 0.944. The van der Waals surface area contributed by atoms with Gasteiger partial charge in [-0.3, -0.25) is 4.79 Å². The monoisotopic (exact) mass is 310 g/mol. The zero-order valence-electron chi connectivity index (χ0n) is 14.3. The third kappa shape index (κ3) is 2.98. The van der Waals surface area contributed by atoms with Crippen LogP contribution in [0.3, 0.4) is 0 Å². The standard InChI is InChI=1S/C20H26N2O/c1-13(2)18-11-10-17(20(23)22(18)3)19(21)16-9-8-14-6-4-5-7-15(14)12-16/h8-13,19H,4-7,21H2,1-3H3. The van der Waals surface area contributed by atoms with Crippen molar-refractivity contribution in [3.05, 3.63) is 68.6 Å². The van der Waals surface area contributed by atoms with Gasteiger partial charge >= 0.3 is 0 Å². The second kappa shape index (κ2) is 6.32. The normalized spacial score (nSPS) is 15.5. The molecule has 0 fully saturated rings. The molecule has 1 aliphatic carbocycles. The largest absolute Gasteiger partial charge is 0.320 e. The minimum absolute atomic E-state index is 0.0152. The third-order valence-corrected chi connectivity index (χ3v) is 5.03. The van der Waals surface area contributed by atoms with Gasteiger partial charge in [0.15, 0.2) is 0 Å². The lowest BCUT2D eigenvalue weighted by Crippen LogP contribution is -2.29. The number of nitrogens with zero attached hydrogens (tertiary/aromatic N) is 1. The van der Waals surface area contributed by atoms with E-state index in [9.17, 15) is 4.79 Å². The number of fused-ring (bicyclic) bond motifs is 1. The molecular formula is C20H26N2O. The summed E-state index contributed by atoms with van der Waals surface area (Å²) in [5, 5.41) is 0. The average Bonchev–Trinajstić information content (AvgIpc) is 2.56. The average molecular weight is 310 g/mol. The van der Waals surface area contributed by atoms with Gasteiger partial charge < -0.3 is 10.3 Å².